The summed E-state index contributed by atoms with van der Waals surface area (Å²) < 4.78 is 7.59. The number of quaternary nitrogens is 1. The summed E-state index contributed by atoms with van der Waals surface area (Å²) >= 11 is 0. The van der Waals surface area contributed by atoms with E-state index in [1.165, 1.54) is 50.9 Å². The van der Waals surface area contributed by atoms with Crippen LogP contribution < -0.4 is 0 Å². The number of carbonyl (C=O) groups is 1. The van der Waals surface area contributed by atoms with Crippen LogP contribution in [0.1, 0.15) is 67.7 Å². The van der Waals surface area contributed by atoms with E-state index >= 15 is 0 Å². The maximum atomic E-state index is 12.2. The number of carboxylic acid groups (broad SMARTS) is 1. The lowest BCUT2D eigenvalue weighted by Gasteiger charge is -2.52. The topological polar surface area (TPSA) is 83.6 Å². The molecule has 2 bridgehead atoms. The third-order valence-corrected chi connectivity index (χ3v) is 9.36. The molecule has 6 heteroatoms. The Bertz CT molecular complexity index is 1150. The molecule has 0 spiro atoms. The molecule has 4 fully saturated rings. The number of oxazole rings is 1. The van der Waals surface area contributed by atoms with Gasteiger partial charge >= 0.3 is 0 Å². The van der Waals surface area contributed by atoms with E-state index in [1.807, 2.05) is 36.5 Å². The average molecular weight is 518 g/mol. The molecule has 202 valence electrons. The minimum absolute atomic E-state index is 0.151. The summed E-state index contributed by atoms with van der Waals surface area (Å²) in [6, 6.07) is 21.1. The largest absolute Gasteiger partial charge is 0.483 e. The van der Waals surface area contributed by atoms with Crippen LogP contribution in [-0.4, -0.2) is 45.8 Å². The molecular formula is C32H41N2O4+. The highest BCUT2D eigenvalue weighted by Crippen LogP contribution is 2.45. The van der Waals surface area contributed by atoms with Crippen molar-refractivity contribution in [2.45, 2.75) is 63.5 Å². The zero-order valence-corrected chi connectivity index (χ0v) is 22.3. The third-order valence-electron chi connectivity index (χ3n) is 9.36. The summed E-state index contributed by atoms with van der Waals surface area (Å²) in [6.45, 7) is 4.33. The summed E-state index contributed by atoms with van der Waals surface area (Å²) in [6.07, 6.45) is 11.3. The fourth-order valence-electron chi connectivity index (χ4n) is 7.44. The molecular weight excluding hydrogens is 476 g/mol. The molecule has 38 heavy (non-hydrogen) atoms. The van der Waals surface area contributed by atoms with Gasteiger partial charge in [0.15, 0.2) is 11.4 Å². The van der Waals surface area contributed by atoms with Crippen LogP contribution in [0.5, 0.6) is 0 Å². The Morgan fingerprint density at radius 2 is 1.58 bits per heavy atom. The highest BCUT2D eigenvalue weighted by molar-refractivity contribution is 5.32. The van der Waals surface area contributed by atoms with E-state index < -0.39 is 5.60 Å². The van der Waals surface area contributed by atoms with Gasteiger partial charge in [0.2, 0.25) is 5.89 Å². The fraction of sp³-hybridized carbons (Fsp3) is 0.500. The van der Waals surface area contributed by atoms with Crippen LogP contribution in [0.25, 0.3) is 0 Å². The van der Waals surface area contributed by atoms with Crippen molar-refractivity contribution in [3.8, 4) is 0 Å². The predicted molar refractivity (Wildman–Crippen MR) is 146 cm³/mol. The molecule has 1 saturated carbocycles. The number of rotatable bonds is 7. The number of piperidine rings is 3. The van der Waals surface area contributed by atoms with E-state index in [2.05, 4.69) is 30.3 Å². The van der Waals surface area contributed by atoms with Crippen molar-refractivity contribution in [1.82, 2.24) is 4.98 Å². The summed E-state index contributed by atoms with van der Waals surface area (Å²) in [5.41, 5.74) is 1.23. The molecule has 1 aromatic heterocycles. The van der Waals surface area contributed by atoms with Gasteiger partial charge in [0, 0.05) is 24.7 Å². The second kappa shape index (κ2) is 11.8. The predicted octanol–water partition coefficient (Wildman–Crippen LogP) is 5.79. The monoisotopic (exact) mass is 517 g/mol. The van der Waals surface area contributed by atoms with Gasteiger partial charge in [-0.3, -0.25) is 4.79 Å². The Morgan fingerprint density at radius 1 is 0.947 bits per heavy atom. The van der Waals surface area contributed by atoms with E-state index in [4.69, 9.17) is 19.3 Å². The minimum atomic E-state index is -1.15. The molecule has 1 aliphatic carbocycles. The van der Waals surface area contributed by atoms with Crippen LogP contribution in [0.3, 0.4) is 0 Å². The second-order valence-corrected chi connectivity index (χ2v) is 11.6. The van der Waals surface area contributed by atoms with E-state index in [1.54, 1.807) is 0 Å². The molecule has 4 aliphatic rings. The fourth-order valence-corrected chi connectivity index (χ4v) is 7.44. The summed E-state index contributed by atoms with van der Waals surface area (Å²) in [7, 11) is 0. The molecule has 0 radical (unpaired) electrons. The first kappa shape index (κ1) is 26.6. The standard InChI is InChI=1S/C31H39N2O2.CH2O2/c34-31(27-12-6-2-7-13-27,28-14-8-3-9-15-28)30-32-21-29(35-30)23-33-18-16-25(17-19-33)26(22-33)20-24-10-4-1-5-11-24;2-1-3/h1-2,4-7,10-13,21,25-26,28,34H,3,8-9,14-20,22-23H2;1H,(H,2,3)/q+1;/t25?,26?,31-,33?;/m0./s1. The van der Waals surface area contributed by atoms with Crippen LogP contribution >= 0.6 is 0 Å². The van der Waals surface area contributed by atoms with Crippen molar-refractivity contribution in [3.05, 3.63) is 89.6 Å². The Kier molecular flexibility index (Phi) is 8.29. The lowest BCUT2D eigenvalue weighted by molar-refractivity contribution is -0.960. The van der Waals surface area contributed by atoms with Crippen LogP contribution in [0, 0.1) is 17.8 Å². The smallest absolute Gasteiger partial charge is 0.290 e. The lowest BCUT2D eigenvalue weighted by Crippen LogP contribution is -2.61. The van der Waals surface area contributed by atoms with Crippen molar-refractivity contribution in [2.75, 3.05) is 19.6 Å². The summed E-state index contributed by atoms with van der Waals surface area (Å²) in [5, 5.41) is 19.1. The number of nitrogens with zero attached hydrogens (tertiary/aromatic N) is 2. The van der Waals surface area contributed by atoms with E-state index in [9.17, 15) is 5.11 Å². The van der Waals surface area contributed by atoms with Crippen molar-refractivity contribution < 1.29 is 23.9 Å². The molecule has 7 rings (SSSR count). The lowest BCUT2D eigenvalue weighted by atomic mass is 9.73. The van der Waals surface area contributed by atoms with Crippen LogP contribution in [0.2, 0.25) is 0 Å². The number of hydrogen-bond acceptors (Lipinski definition) is 4. The number of aliphatic hydroxyl groups is 1. The van der Waals surface area contributed by atoms with Crippen molar-refractivity contribution in [3.63, 3.8) is 0 Å². The maximum Gasteiger partial charge on any atom is 0.290 e. The second-order valence-electron chi connectivity index (χ2n) is 11.6. The van der Waals surface area contributed by atoms with Crippen molar-refractivity contribution in [2.24, 2.45) is 17.8 Å². The summed E-state index contributed by atoms with van der Waals surface area (Å²) in [4.78, 5) is 13.1. The number of fused-ring (bicyclic) bond motifs is 3. The molecule has 2 N–H and O–H groups in total. The van der Waals surface area contributed by atoms with Gasteiger partial charge in [0.1, 0.15) is 6.54 Å². The maximum absolute atomic E-state index is 12.2. The Morgan fingerprint density at radius 3 is 2.24 bits per heavy atom. The molecule has 1 unspecified atom stereocenters. The first-order chi connectivity index (χ1) is 18.6. The van der Waals surface area contributed by atoms with E-state index in [-0.39, 0.29) is 12.4 Å². The van der Waals surface area contributed by atoms with Crippen molar-refractivity contribution >= 4 is 6.47 Å². The molecule has 3 aromatic rings. The highest BCUT2D eigenvalue weighted by atomic mass is 16.4. The summed E-state index contributed by atoms with van der Waals surface area (Å²) in [5.74, 6) is 3.18. The van der Waals surface area contributed by atoms with E-state index in [0.717, 1.165) is 59.9 Å². The Hall–Kier alpha value is -2.96. The van der Waals surface area contributed by atoms with Gasteiger partial charge < -0.3 is 19.1 Å². The molecule has 6 nitrogen and oxygen atoms in total. The van der Waals surface area contributed by atoms with Gasteiger partial charge in [-0.1, -0.05) is 79.9 Å². The number of hydrogen-bond donors (Lipinski definition) is 2. The first-order valence-corrected chi connectivity index (χ1v) is 14.3. The third kappa shape index (κ3) is 5.57. The van der Waals surface area contributed by atoms with E-state index in [0.29, 0.717) is 5.89 Å². The quantitative estimate of drug-likeness (QED) is 0.306. The average Bonchev–Trinajstić information content (AvgIpc) is 3.43. The zero-order chi connectivity index (χ0) is 26.4. The zero-order valence-electron chi connectivity index (χ0n) is 22.3. The molecule has 3 aliphatic heterocycles. The highest BCUT2D eigenvalue weighted by Gasteiger charge is 2.48. The van der Waals surface area contributed by atoms with Gasteiger partial charge in [0.25, 0.3) is 6.47 Å². The van der Waals surface area contributed by atoms with Crippen LogP contribution in [-0.2, 0) is 23.4 Å². The molecule has 2 aromatic carbocycles. The van der Waals surface area contributed by atoms with Gasteiger partial charge in [-0.2, -0.15) is 0 Å². The minimum Gasteiger partial charge on any atom is -0.483 e. The number of aromatic nitrogens is 1. The normalized spacial score (nSPS) is 26.7. The van der Waals surface area contributed by atoms with Crippen molar-refractivity contribution in [1.29, 1.82) is 0 Å². The van der Waals surface area contributed by atoms with Crippen LogP contribution in [0.15, 0.2) is 71.3 Å². The SMILES string of the molecule is O=CO.O[C@](c1ccccc1)(c1ncc(C[N+]23CCC(CC2)C(Cc2ccccc2)C3)o1)C1CCCCC1. The van der Waals surface area contributed by atoms with Gasteiger partial charge in [-0.25, -0.2) is 4.98 Å². The molecule has 0 amide bonds. The number of benzene rings is 2. The molecule has 4 heterocycles. The Labute approximate surface area is 225 Å². The molecule has 3 saturated heterocycles. The van der Waals surface area contributed by atoms with Gasteiger partial charge in [0.05, 0.1) is 25.8 Å². The first-order valence-electron chi connectivity index (χ1n) is 14.3. The van der Waals surface area contributed by atoms with Crippen LogP contribution in [0.4, 0.5) is 0 Å². The van der Waals surface area contributed by atoms with Gasteiger partial charge in [-0.15, -0.1) is 0 Å². The Balaban J connectivity index is 0.000000937. The van der Waals surface area contributed by atoms with Gasteiger partial charge in [-0.05, 0) is 36.3 Å². The molecule has 2 atom stereocenters.